The minimum atomic E-state index is -0.469. The van der Waals surface area contributed by atoms with Crippen molar-refractivity contribution in [3.8, 4) is 5.69 Å². The highest BCUT2D eigenvalue weighted by Gasteiger charge is 2.28. The van der Waals surface area contributed by atoms with Crippen molar-refractivity contribution in [2.24, 2.45) is 5.92 Å². The molecule has 1 atom stereocenters. The maximum Gasteiger partial charge on any atom is 0.292 e. The highest BCUT2D eigenvalue weighted by Crippen LogP contribution is 2.33. The molecular weight excluding hydrogens is 374 g/mol. The van der Waals surface area contributed by atoms with Crippen LogP contribution in [0.5, 0.6) is 0 Å². The Morgan fingerprint density at radius 3 is 2.25 bits per heavy atom. The van der Waals surface area contributed by atoms with Gasteiger partial charge in [-0.05, 0) is 36.5 Å². The minimum absolute atomic E-state index is 0.181. The minimum Gasteiger partial charge on any atom is -0.388 e. The molecule has 6 heteroatoms. The van der Waals surface area contributed by atoms with E-state index in [0.29, 0.717) is 11.4 Å². The van der Waals surface area contributed by atoms with Gasteiger partial charge in [-0.2, -0.15) is 9.78 Å². The van der Waals surface area contributed by atoms with E-state index in [2.05, 4.69) is 10.00 Å². The first kappa shape index (κ1) is 18.7. The van der Waals surface area contributed by atoms with Crippen molar-refractivity contribution < 1.29 is 5.11 Å². The number of aliphatic hydroxyl groups excluding tert-OH is 1. The molecule has 0 unspecified atom stereocenters. The number of anilines is 1. The third-order valence-electron chi connectivity index (χ3n) is 5.37. The Labute approximate surface area is 168 Å². The van der Waals surface area contributed by atoms with E-state index < -0.39 is 6.10 Å². The fraction of sp³-hybridized carbons (Fsp3) is 0.273. The lowest BCUT2D eigenvalue weighted by atomic mass is 9.87. The van der Waals surface area contributed by atoms with Crippen LogP contribution in [0.4, 0.5) is 5.69 Å². The predicted octanol–water partition coefficient (Wildman–Crippen LogP) is 3.84. The van der Waals surface area contributed by atoms with Crippen molar-refractivity contribution in [1.82, 2.24) is 9.78 Å². The summed E-state index contributed by atoms with van der Waals surface area (Å²) in [6.45, 7) is 1.45. The highest BCUT2D eigenvalue weighted by atomic mass is 35.5. The monoisotopic (exact) mass is 395 g/mol. The molecule has 1 N–H and O–H groups in total. The summed E-state index contributed by atoms with van der Waals surface area (Å²) < 4.78 is 1.32. The van der Waals surface area contributed by atoms with Gasteiger partial charge in [0, 0.05) is 13.1 Å². The topological polar surface area (TPSA) is 58.4 Å². The van der Waals surface area contributed by atoms with Gasteiger partial charge in [0.1, 0.15) is 5.02 Å². The molecule has 0 saturated carbocycles. The van der Waals surface area contributed by atoms with Crippen LogP contribution in [0.1, 0.15) is 24.5 Å². The average Bonchev–Trinajstić information content (AvgIpc) is 2.76. The van der Waals surface area contributed by atoms with Gasteiger partial charge in [-0.3, -0.25) is 4.79 Å². The Balaban J connectivity index is 1.49. The summed E-state index contributed by atoms with van der Waals surface area (Å²) in [5, 5.41) is 15.1. The zero-order chi connectivity index (χ0) is 19.5. The zero-order valence-electron chi connectivity index (χ0n) is 15.4. The number of piperidine rings is 1. The number of aromatic nitrogens is 2. The van der Waals surface area contributed by atoms with E-state index in [-0.39, 0.29) is 16.5 Å². The van der Waals surface area contributed by atoms with Crippen molar-refractivity contribution in [3.05, 3.63) is 87.8 Å². The molecule has 144 valence electrons. The Morgan fingerprint density at radius 1 is 1.00 bits per heavy atom. The fourth-order valence-electron chi connectivity index (χ4n) is 3.78. The van der Waals surface area contributed by atoms with E-state index in [1.165, 1.54) is 4.68 Å². The van der Waals surface area contributed by atoms with E-state index in [0.717, 1.165) is 31.5 Å². The molecule has 0 spiro atoms. The molecule has 1 aromatic heterocycles. The summed E-state index contributed by atoms with van der Waals surface area (Å²) in [6.07, 6.45) is 2.84. The van der Waals surface area contributed by atoms with Crippen LogP contribution in [-0.4, -0.2) is 28.0 Å². The lowest BCUT2D eigenvalue weighted by molar-refractivity contribution is 0.0929. The van der Waals surface area contributed by atoms with Crippen molar-refractivity contribution in [1.29, 1.82) is 0 Å². The molecule has 2 heterocycles. The van der Waals surface area contributed by atoms with Gasteiger partial charge in [-0.15, -0.1) is 0 Å². The summed E-state index contributed by atoms with van der Waals surface area (Å²) >= 11 is 6.41. The smallest absolute Gasteiger partial charge is 0.292 e. The number of aliphatic hydroxyl groups is 1. The average molecular weight is 396 g/mol. The second-order valence-corrected chi connectivity index (χ2v) is 7.45. The normalized spacial score (nSPS) is 16.1. The predicted molar refractivity (Wildman–Crippen MR) is 111 cm³/mol. The van der Waals surface area contributed by atoms with Crippen LogP contribution in [0.25, 0.3) is 5.69 Å². The first-order valence-electron chi connectivity index (χ1n) is 9.46. The zero-order valence-corrected chi connectivity index (χ0v) is 16.2. The molecule has 1 aliphatic heterocycles. The SMILES string of the molecule is O=c1c(Cl)c(N2CCC([C@@H](O)c3ccccc3)CC2)cnn1-c1ccccc1. The van der Waals surface area contributed by atoms with Crippen molar-refractivity contribution in [3.63, 3.8) is 0 Å². The van der Waals surface area contributed by atoms with Crippen LogP contribution in [0.3, 0.4) is 0 Å². The maximum atomic E-state index is 12.7. The van der Waals surface area contributed by atoms with Crippen LogP contribution in [0.15, 0.2) is 71.7 Å². The van der Waals surface area contributed by atoms with E-state index in [1.54, 1.807) is 6.20 Å². The number of hydrogen-bond donors (Lipinski definition) is 1. The van der Waals surface area contributed by atoms with E-state index in [1.807, 2.05) is 60.7 Å². The van der Waals surface area contributed by atoms with Crippen molar-refractivity contribution >= 4 is 17.3 Å². The quantitative estimate of drug-likeness (QED) is 0.729. The lowest BCUT2D eigenvalue weighted by Gasteiger charge is -2.35. The summed E-state index contributed by atoms with van der Waals surface area (Å²) in [4.78, 5) is 14.8. The molecule has 28 heavy (non-hydrogen) atoms. The van der Waals surface area contributed by atoms with Crippen molar-refractivity contribution in [2.75, 3.05) is 18.0 Å². The van der Waals surface area contributed by atoms with Gasteiger partial charge in [-0.25, -0.2) is 0 Å². The molecule has 0 bridgehead atoms. The van der Waals surface area contributed by atoms with Crippen LogP contribution in [0, 0.1) is 5.92 Å². The molecule has 0 aliphatic carbocycles. The third kappa shape index (κ3) is 3.68. The van der Waals surface area contributed by atoms with E-state index in [9.17, 15) is 9.90 Å². The number of para-hydroxylation sites is 1. The van der Waals surface area contributed by atoms with Crippen LogP contribution < -0.4 is 10.5 Å². The highest BCUT2D eigenvalue weighted by molar-refractivity contribution is 6.33. The molecule has 2 aromatic carbocycles. The Kier molecular flexibility index (Phi) is 5.46. The first-order chi connectivity index (χ1) is 13.6. The van der Waals surface area contributed by atoms with Crippen LogP contribution in [0.2, 0.25) is 5.02 Å². The number of hydrogen-bond acceptors (Lipinski definition) is 4. The molecule has 1 aliphatic rings. The third-order valence-corrected chi connectivity index (χ3v) is 5.72. The Hall–Kier alpha value is -2.63. The van der Waals surface area contributed by atoms with Gasteiger partial charge < -0.3 is 10.0 Å². The number of halogens is 1. The Bertz CT molecular complexity index is 984. The molecule has 1 saturated heterocycles. The van der Waals surface area contributed by atoms with E-state index in [4.69, 9.17) is 11.6 Å². The lowest BCUT2D eigenvalue weighted by Crippen LogP contribution is -2.37. The van der Waals surface area contributed by atoms with Gasteiger partial charge in [0.15, 0.2) is 0 Å². The van der Waals surface area contributed by atoms with Crippen LogP contribution >= 0.6 is 11.6 Å². The van der Waals surface area contributed by atoms with Gasteiger partial charge in [-0.1, -0.05) is 60.1 Å². The molecule has 5 nitrogen and oxygen atoms in total. The van der Waals surface area contributed by atoms with Crippen molar-refractivity contribution in [2.45, 2.75) is 18.9 Å². The summed E-state index contributed by atoms with van der Waals surface area (Å²) in [6, 6.07) is 19.0. The molecule has 0 amide bonds. The van der Waals surface area contributed by atoms with Gasteiger partial charge in [0.2, 0.25) is 0 Å². The van der Waals surface area contributed by atoms with Gasteiger partial charge in [0.05, 0.1) is 23.7 Å². The molecule has 3 aromatic rings. The second kappa shape index (κ2) is 8.17. The number of rotatable bonds is 4. The number of nitrogens with zero attached hydrogens (tertiary/aromatic N) is 3. The molecular formula is C22H22ClN3O2. The number of benzene rings is 2. The van der Waals surface area contributed by atoms with Crippen LogP contribution in [-0.2, 0) is 0 Å². The molecule has 4 rings (SSSR count). The second-order valence-electron chi connectivity index (χ2n) is 7.08. The Morgan fingerprint density at radius 2 is 1.61 bits per heavy atom. The molecule has 0 radical (unpaired) electrons. The maximum absolute atomic E-state index is 12.7. The fourth-order valence-corrected chi connectivity index (χ4v) is 4.02. The summed E-state index contributed by atoms with van der Waals surface area (Å²) in [7, 11) is 0. The van der Waals surface area contributed by atoms with Gasteiger partial charge in [0.25, 0.3) is 5.56 Å². The molecule has 1 fully saturated rings. The van der Waals surface area contributed by atoms with Gasteiger partial charge >= 0.3 is 0 Å². The largest absolute Gasteiger partial charge is 0.388 e. The standard InChI is InChI=1S/C22H22ClN3O2/c23-20-19(15-24-26(22(20)28)18-9-5-2-6-10-18)25-13-11-17(12-14-25)21(27)16-7-3-1-4-8-16/h1-10,15,17,21,27H,11-14H2/t21-/m0/s1. The first-order valence-corrected chi connectivity index (χ1v) is 9.84. The summed E-state index contributed by atoms with van der Waals surface area (Å²) in [5.74, 6) is 0.190. The van der Waals surface area contributed by atoms with E-state index >= 15 is 0 Å². The summed E-state index contributed by atoms with van der Waals surface area (Å²) in [5.41, 5.74) is 1.97.